The molecule has 102 valence electrons. The van der Waals surface area contributed by atoms with Crippen molar-refractivity contribution in [2.75, 3.05) is 12.4 Å². The number of thiazole rings is 1. The first-order valence-corrected chi connectivity index (χ1v) is 8.11. The molecular weight excluding hydrogens is 266 g/mol. The molecule has 5 heteroatoms. The molecule has 1 aromatic rings. The first kappa shape index (κ1) is 15.5. The zero-order valence-electron chi connectivity index (χ0n) is 11.6. The Morgan fingerprint density at radius 3 is 2.78 bits per heavy atom. The van der Waals surface area contributed by atoms with E-state index >= 15 is 0 Å². The molecule has 18 heavy (non-hydrogen) atoms. The van der Waals surface area contributed by atoms with Gasteiger partial charge in [-0.3, -0.25) is 4.79 Å². The topological polar surface area (TPSA) is 39.2 Å². The number of aromatic nitrogens is 1. The summed E-state index contributed by atoms with van der Waals surface area (Å²) in [6.45, 7) is 10.2. The Kier molecular flexibility index (Phi) is 5.66. The van der Waals surface area contributed by atoms with Crippen molar-refractivity contribution in [3.63, 3.8) is 0 Å². The molecule has 0 bridgehead atoms. The van der Waals surface area contributed by atoms with Gasteiger partial charge in [-0.15, -0.1) is 11.3 Å². The minimum absolute atomic E-state index is 0.211. The van der Waals surface area contributed by atoms with Crippen LogP contribution in [0.1, 0.15) is 50.6 Å². The highest BCUT2D eigenvalue weighted by atomic mass is 32.2. The van der Waals surface area contributed by atoms with Gasteiger partial charge in [-0.05, 0) is 33.4 Å². The summed E-state index contributed by atoms with van der Waals surface area (Å²) in [5.41, 5.74) is 0.144. The molecule has 0 saturated heterocycles. The van der Waals surface area contributed by atoms with Crippen LogP contribution in [0.4, 0.5) is 0 Å². The fourth-order valence-electron chi connectivity index (χ4n) is 1.50. The van der Waals surface area contributed by atoms with Crippen LogP contribution in [0.15, 0.2) is 5.38 Å². The van der Waals surface area contributed by atoms with E-state index in [2.05, 4.69) is 18.8 Å². The zero-order chi connectivity index (χ0) is 13.8. The normalized spacial score (nSPS) is 13.4. The lowest BCUT2D eigenvalue weighted by Crippen LogP contribution is -2.31. The van der Waals surface area contributed by atoms with Crippen molar-refractivity contribution < 1.29 is 9.53 Å². The summed E-state index contributed by atoms with van der Waals surface area (Å²) in [6.07, 6.45) is 0. The Morgan fingerprint density at radius 1 is 1.56 bits per heavy atom. The van der Waals surface area contributed by atoms with Crippen LogP contribution in [0, 0.1) is 0 Å². The first-order valence-electron chi connectivity index (χ1n) is 6.18. The van der Waals surface area contributed by atoms with Gasteiger partial charge < -0.3 is 4.74 Å². The molecule has 1 aromatic heterocycles. The Labute approximate surface area is 117 Å². The lowest BCUT2D eigenvalue weighted by molar-refractivity contribution is -0.148. The van der Waals surface area contributed by atoms with Crippen LogP contribution >= 0.6 is 23.1 Å². The second-order valence-electron chi connectivity index (χ2n) is 4.51. The summed E-state index contributed by atoms with van der Waals surface area (Å²) < 4.78 is 5.10. The standard InChI is InChI=1S/C13H21NO2S2/c1-6-16-12(15)13(4,5)10-8-18-11(14-10)9(3)17-7-2/h8-9H,6-7H2,1-5H3. The van der Waals surface area contributed by atoms with E-state index in [0.717, 1.165) is 16.5 Å². The van der Waals surface area contributed by atoms with E-state index in [-0.39, 0.29) is 5.97 Å². The molecule has 0 aliphatic rings. The third kappa shape index (κ3) is 3.48. The van der Waals surface area contributed by atoms with Crippen LogP contribution in [-0.4, -0.2) is 23.3 Å². The van der Waals surface area contributed by atoms with Gasteiger partial charge >= 0.3 is 5.97 Å². The van der Waals surface area contributed by atoms with Gasteiger partial charge in [0.05, 0.1) is 17.6 Å². The number of carbonyl (C=O) groups is 1. The molecular formula is C13H21NO2S2. The Morgan fingerprint density at radius 2 is 2.22 bits per heavy atom. The number of carbonyl (C=O) groups excluding carboxylic acids is 1. The number of rotatable bonds is 6. The summed E-state index contributed by atoms with van der Waals surface area (Å²) in [5.74, 6) is 0.856. The third-order valence-electron chi connectivity index (χ3n) is 2.71. The van der Waals surface area contributed by atoms with E-state index in [0.29, 0.717) is 11.9 Å². The van der Waals surface area contributed by atoms with E-state index in [9.17, 15) is 4.79 Å². The van der Waals surface area contributed by atoms with Crippen molar-refractivity contribution in [3.8, 4) is 0 Å². The largest absolute Gasteiger partial charge is 0.465 e. The second kappa shape index (κ2) is 6.57. The van der Waals surface area contributed by atoms with Crippen LogP contribution in [0.3, 0.4) is 0 Å². The van der Waals surface area contributed by atoms with Gasteiger partial charge in [0.25, 0.3) is 0 Å². The summed E-state index contributed by atoms with van der Waals surface area (Å²) >= 11 is 3.48. The van der Waals surface area contributed by atoms with Gasteiger partial charge in [0.1, 0.15) is 10.4 Å². The van der Waals surface area contributed by atoms with Crippen molar-refractivity contribution in [2.45, 2.75) is 45.3 Å². The maximum atomic E-state index is 11.9. The molecule has 0 fully saturated rings. The molecule has 0 spiro atoms. The number of ether oxygens (including phenoxy) is 1. The number of thioether (sulfide) groups is 1. The second-order valence-corrected chi connectivity index (χ2v) is 7.02. The van der Waals surface area contributed by atoms with E-state index in [4.69, 9.17) is 4.74 Å². The average molecular weight is 287 g/mol. The van der Waals surface area contributed by atoms with Crippen LogP contribution in [-0.2, 0) is 14.9 Å². The lowest BCUT2D eigenvalue weighted by Gasteiger charge is -2.19. The van der Waals surface area contributed by atoms with Crippen LogP contribution in [0.5, 0.6) is 0 Å². The van der Waals surface area contributed by atoms with Gasteiger partial charge in [0.2, 0.25) is 0 Å². The molecule has 0 N–H and O–H groups in total. The van der Waals surface area contributed by atoms with Crippen LogP contribution in [0.25, 0.3) is 0 Å². The zero-order valence-corrected chi connectivity index (χ0v) is 13.3. The van der Waals surface area contributed by atoms with Gasteiger partial charge in [-0.25, -0.2) is 4.98 Å². The maximum absolute atomic E-state index is 11.9. The minimum Gasteiger partial charge on any atom is -0.465 e. The van der Waals surface area contributed by atoms with Gasteiger partial charge in [0.15, 0.2) is 0 Å². The van der Waals surface area contributed by atoms with Gasteiger partial charge in [0, 0.05) is 5.38 Å². The fraction of sp³-hybridized carbons (Fsp3) is 0.692. The maximum Gasteiger partial charge on any atom is 0.317 e. The minimum atomic E-state index is -0.665. The number of hydrogen-bond donors (Lipinski definition) is 0. The van der Waals surface area contributed by atoms with Crippen LogP contribution in [0.2, 0.25) is 0 Å². The molecule has 0 aliphatic heterocycles. The summed E-state index contributed by atoms with van der Waals surface area (Å²) in [6, 6.07) is 0. The van der Waals surface area contributed by atoms with E-state index in [1.165, 1.54) is 0 Å². The molecule has 0 amide bonds. The van der Waals surface area contributed by atoms with E-state index < -0.39 is 5.41 Å². The predicted molar refractivity (Wildman–Crippen MR) is 78.3 cm³/mol. The molecule has 1 rings (SSSR count). The van der Waals surface area contributed by atoms with Gasteiger partial charge in [-0.2, -0.15) is 11.8 Å². The molecule has 3 nitrogen and oxygen atoms in total. The molecule has 0 saturated carbocycles. The Bertz CT molecular complexity index is 401. The van der Waals surface area contributed by atoms with E-state index in [1.807, 2.05) is 37.9 Å². The van der Waals surface area contributed by atoms with Crippen molar-refractivity contribution in [1.82, 2.24) is 4.98 Å². The van der Waals surface area contributed by atoms with E-state index in [1.54, 1.807) is 11.3 Å². The molecule has 1 heterocycles. The molecule has 1 atom stereocenters. The van der Waals surface area contributed by atoms with Crippen molar-refractivity contribution in [1.29, 1.82) is 0 Å². The lowest BCUT2D eigenvalue weighted by atomic mass is 9.90. The number of nitrogens with zero attached hydrogens (tertiary/aromatic N) is 1. The first-order chi connectivity index (χ1) is 8.43. The summed E-state index contributed by atoms with van der Waals surface area (Å²) in [5, 5.41) is 3.43. The average Bonchev–Trinajstić information content (AvgIpc) is 2.79. The summed E-state index contributed by atoms with van der Waals surface area (Å²) in [7, 11) is 0. The van der Waals surface area contributed by atoms with Crippen LogP contribution < -0.4 is 0 Å². The smallest absolute Gasteiger partial charge is 0.317 e. The fourth-order valence-corrected chi connectivity index (χ4v) is 3.49. The SMILES string of the molecule is CCOC(=O)C(C)(C)c1csc(C(C)SCC)n1. The highest BCUT2D eigenvalue weighted by molar-refractivity contribution is 7.99. The highest BCUT2D eigenvalue weighted by Gasteiger charge is 2.34. The van der Waals surface area contributed by atoms with Gasteiger partial charge in [-0.1, -0.05) is 6.92 Å². The number of esters is 1. The Balaban J connectivity index is 2.87. The van der Waals surface area contributed by atoms with Crippen molar-refractivity contribution in [2.24, 2.45) is 0 Å². The quantitative estimate of drug-likeness (QED) is 0.746. The van der Waals surface area contributed by atoms with Crippen molar-refractivity contribution >= 4 is 29.1 Å². The predicted octanol–water partition coefficient (Wildman–Crippen LogP) is 3.80. The third-order valence-corrected chi connectivity index (χ3v) is 4.95. The molecule has 0 aromatic carbocycles. The molecule has 1 unspecified atom stereocenters. The summed E-state index contributed by atoms with van der Waals surface area (Å²) in [4.78, 5) is 16.5. The van der Waals surface area contributed by atoms with Crippen molar-refractivity contribution in [3.05, 3.63) is 16.1 Å². The number of hydrogen-bond acceptors (Lipinski definition) is 5. The molecule has 0 aliphatic carbocycles. The molecule has 0 radical (unpaired) electrons. The Hall–Kier alpha value is -0.550. The monoisotopic (exact) mass is 287 g/mol. The highest BCUT2D eigenvalue weighted by Crippen LogP contribution is 2.33.